The van der Waals surface area contributed by atoms with Gasteiger partial charge in [-0.1, -0.05) is 26.8 Å². The summed E-state index contributed by atoms with van der Waals surface area (Å²) in [6.07, 6.45) is 2.86. The number of allylic oxidation sites excluding steroid dienone is 1. The third kappa shape index (κ3) is 2.44. The molecule has 41 valence electrons. The highest BCUT2D eigenvalue weighted by Gasteiger charge is 2.06. The van der Waals surface area contributed by atoms with Gasteiger partial charge < -0.3 is 0 Å². The van der Waals surface area contributed by atoms with Gasteiger partial charge in [-0.15, -0.1) is 6.58 Å². The van der Waals surface area contributed by atoms with Crippen LogP contribution in [-0.4, -0.2) is 0 Å². The molecule has 0 saturated heterocycles. The van der Waals surface area contributed by atoms with Crippen molar-refractivity contribution in [1.29, 1.82) is 0 Å². The van der Waals surface area contributed by atoms with Gasteiger partial charge in [-0.2, -0.15) is 0 Å². The molecule has 7 heavy (non-hydrogen) atoms. The maximum Gasteiger partial charge on any atom is -0.0178 e. The SMILES string of the molecule is [CH2]CC(C)(C)C=C. The lowest BCUT2D eigenvalue weighted by molar-refractivity contribution is 0.488. The van der Waals surface area contributed by atoms with Gasteiger partial charge in [0, 0.05) is 0 Å². The Balaban J connectivity index is 3.58. The summed E-state index contributed by atoms with van der Waals surface area (Å²) in [4.78, 5) is 0. The molecule has 0 aromatic heterocycles. The third-order valence-electron chi connectivity index (χ3n) is 1.20. The zero-order valence-corrected chi connectivity index (χ0v) is 5.20. The maximum atomic E-state index is 3.76. The highest BCUT2D eigenvalue weighted by Crippen LogP contribution is 2.19. The van der Waals surface area contributed by atoms with Crippen LogP contribution in [0.4, 0.5) is 0 Å². The van der Waals surface area contributed by atoms with Crippen molar-refractivity contribution in [2.24, 2.45) is 5.41 Å². The van der Waals surface area contributed by atoms with Crippen molar-refractivity contribution in [2.75, 3.05) is 0 Å². The first-order valence-electron chi connectivity index (χ1n) is 2.55. The fraction of sp³-hybridized carbons (Fsp3) is 0.571. The van der Waals surface area contributed by atoms with E-state index < -0.39 is 0 Å². The molecule has 0 rings (SSSR count). The van der Waals surface area contributed by atoms with Crippen LogP contribution in [0.2, 0.25) is 0 Å². The zero-order chi connectivity index (χ0) is 5.91. The first-order valence-corrected chi connectivity index (χ1v) is 2.55. The zero-order valence-electron chi connectivity index (χ0n) is 5.20. The number of rotatable bonds is 2. The molecule has 0 aliphatic heterocycles. The molecule has 0 fully saturated rings. The average molecular weight is 97.2 g/mol. The largest absolute Gasteiger partial charge is 0.103 e. The molecule has 0 N–H and O–H groups in total. The lowest BCUT2D eigenvalue weighted by Gasteiger charge is -2.14. The smallest absolute Gasteiger partial charge is 0.0178 e. The first kappa shape index (κ1) is 6.74. The molecular formula is C7H13. The summed E-state index contributed by atoms with van der Waals surface area (Å²) in [6, 6.07) is 0. The van der Waals surface area contributed by atoms with E-state index >= 15 is 0 Å². The van der Waals surface area contributed by atoms with Crippen LogP contribution in [0.1, 0.15) is 20.3 Å². The van der Waals surface area contributed by atoms with Crippen molar-refractivity contribution in [2.45, 2.75) is 20.3 Å². The first-order chi connectivity index (χ1) is 3.12. The molecule has 1 radical (unpaired) electrons. The number of hydrogen-bond donors (Lipinski definition) is 0. The Morgan fingerprint density at radius 3 is 2.00 bits per heavy atom. The van der Waals surface area contributed by atoms with E-state index in [-0.39, 0.29) is 5.41 Å². The van der Waals surface area contributed by atoms with E-state index in [1.54, 1.807) is 0 Å². The van der Waals surface area contributed by atoms with Gasteiger partial charge in [0.15, 0.2) is 0 Å². The van der Waals surface area contributed by atoms with Gasteiger partial charge in [-0.25, -0.2) is 0 Å². The van der Waals surface area contributed by atoms with Crippen molar-refractivity contribution < 1.29 is 0 Å². The molecule has 0 amide bonds. The average Bonchev–Trinajstić information content (AvgIpc) is 1.68. The fourth-order valence-electron chi connectivity index (χ4n) is 0.102. The molecule has 0 aromatic carbocycles. The maximum absolute atomic E-state index is 3.76. The monoisotopic (exact) mass is 97.1 g/mol. The van der Waals surface area contributed by atoms with Gasteiger partial charge in [0.25, 0.3) is 0 Å². The van der Waals surface area contributed by atoms with Crippen molar-refractivity contribution in [1.82, 2.24) is 0 Å². The molecule has 0 saturated carbocycles. The fourth-order valence-corrected chi connectivity index (χ4v) is 0.102. The van der Waals surface area contributed by atoms with Crippen molar-refractivity contribution in [3.63, 3.8) is 0 Å². The second-order valence-electron chi connectivity index (χ2n) is 2.44. The van der Waals surface area contributed by atoms with E-state index in [0.717, 1.165) is 6.42 Å². The molecule has 0 heteroatoms. The normalized spacial score (nSPS) is 11.3. The molecule has 0 aliphatic carbocycles. The molecule has 0 heterocycles. The van der Waals surface area contributed by atoms with E-state index in [9.17, 15) is 0 Å². The summed E-state index contributed by atoms with van der Waals surface area (Å²) in [7, 11) is 0. The lowest BCUT2D eigenvalue weighted by Crippen LogP contribution is -2.02. The Morgan fingerprint density at radius 1 is 1.57 bits per heavy atom. The second kappa shape index (κ2) is 2.15. The Kier molecular flexibility index (Phi) is 2.07. The van der Waals surface area contributed by atoms with Crippen LogP contribution in [0.25, 0.3) is 0 Å². The van der Waals surface area contributed by atoms with Crippen LogP contribution >= 0.6 is 0 Å². The standard InChI is InChI=1S/C7H13/c1-5-7(3,4)6-2/h5H,1-2,6H2,3-4H3. The summed E-state index contributed by atoms with van der Waals surface area (Å²) in [5, 5.41) is 0. The summed E-state index contributed by atoms with van der Waals surface area (Å²) < 4.78 is 0. The Morgan fingerprint density at radius 2 is 2.00 bits per heavy atom. The Bertz CT molecular complexity index is 60.4. The van der Waals surface area contributed by atoms with Gasteiger partial charge in [0.05, 0.1) is 0 Å². The Hall–Kier alpha value is -0.260. The second-order valence-corrected chi connectivity index (χ2v) is 2.44. The summed E-state index contributed by atoms with van der Waals surface area (Å²) >= 11 is 0. The highest BCUT2D eigenvalue weighted by molar-refractivity contribution is 4.87. The minimum atomic E-state index is 0.236. The van der Waals surface area contributed by atoms with Crippen LogP contribution < -0.4 is 0 Å². The lowest BCUT2D eigenvalue weighted by atomic mass is 9.91. The molecule has 0 spiro atoms. The van der Waals surface area contributed by atoms with Crippen LogP contribution in [0.3, 0.4) is 0 Å². The van der Waals surface area contributed by atoms with Gasteiger partial charge in [0.2, 0.25) is 0 Å². The molecule has 0 bridgehead atoms. The minimum Gasteiger partial charge on any atom is -0.103 e. The van der Waals surface area contributed by atoms with Crippen molar-refractivity contribution in [3.05, 3.63) is 19.6 Å². The van der Waals surface area contributed by atoms with Gasteiger partial charge in [-0.05, 0) is 11.8 Å². The van der Waals surface area contributed by atoms with Crippen molar-refractivity contribution in [3.8, 4) is 0 Å². The van der Waals surface area contributed by atoms with E-state index in [2.05, 4.69) is 27.4 Å². The quantitative estimate of drug-likeness (QED) is 0.464. The summed E-state index contributed by atoms with van der Waals surface area (Å²) in [5.41, 5.74) is 0.236. The van der Waals surface area contributed by atoms with E-state index in [1.165, 1.54) is 0 Å². The van der Waals surface area contributed by atoms with Gasteiger partial charge in [-0.3, -0.25) is 0 Å². The van der Waals surface area contributed by atoms with Crippen LogP contribution in [-0.2, 0) is 0 Å². The third-order valence-corrected chi connectivity index (χ3v) is 1.20. The van der Waals surface area contributed by atoms with Gasteiger partial charge >= 0.3 is 0 Å². The van der Waals surface area contributed by atoms with Gasteiger partial charge in [0.1, 0.15) is 0 Å². The molecule has 0 nitrogen and oxygen atoms in total. The predicted octanol–water partition coefficient (Wildman–Crippen LogP) is 2.42. The number of hydrogen-bond acceptors (Lipinski definition) is 0. The van der Waals surface area contributed by atoms with Crippen LogP contribution in [0.15, 0.2) is 12.7 Å². The van der Waals surface area contributed by atoms with Crippen LogP contribution in [0, 0.1) is 12.3 Å². The predicted molar refractivity (Wildman–Crippen MR) is 34.0 cm³/mol. The summed E-state index contributed by atoms with van der Waals surface area (Å²) in [6.45, 7) is 11.7. The highest BCUT2D eigenvalue weighted by atomic mass is 14.1. The summed E-state index contributed by atoms with van der Waals surface area (Å²) in [5.74, 6) is 0. The Labute approximate surface area is 46.2 Å². The van der Waals surface area contributed by atoms with E-state index in [0.29, 0.717) is 0 Å². The van der Waals surface area contributed by atoms with Crippen molar-refractivity contribution >= 4 is 0 Å². The van der Waals surface area contributed by atoms with E-state index in [4.69, 9.17) is 0 Å². The topological polar surface area (TPSA) is 0 Å². The molecule has 0 atom stereocenters. The molecule has 0 unspecified atom stereocenters. The van der Waals surface area contributed by atoms with Crippen LogP contribution in [0.5, 0.6) is 0 Å². The molecule has 0 aliphatic rings. The minimum absolute atomic E-state index is 0.236. The van der Waals surface area contributed by atoms with E-state index in [1.807, 2.05) is 6.08 Å². The molecule has 0 aromatic rings. The molecular weight excluding hydrogens is 84.1 g/mol.